The van der Waals surface area contributed by atoms with Crippen LogP contribution in [0.4, 0.5) is 5.69 Å². The highest BCUT2D eigenvalue weighted by Gasteiger charge is 2.46. The molecule has 8 heteroatoms. The number of carbonyl (C=O) groups is 2. The van der Waals surface area contributed by atoms with Crippen LogP contribution in [0.3, 0.4) is 0 Å². The summed E-state index contributed by atoms with van der Waals surface area (Å²) in [5, 5.41) is 2.56. The number of hydrogen-bond donors (Lipinski definition) is 1. The summed E-state index contributed by atoms with van der Waals surface area (Å²) >= 11 is 0. The normalized spacial score (nSPS) is 26.7. The Hall–Kier alpha value is -1.96. The third kappa shape index (κ3) is 2.63. The number of carbonyl (C=O) groups excluding carboxylic acids is 2. The highest BCUT2D eigenvalue weighted by molar-refractivity contribution is 7.86. The number of amides is 2. The molecule has 3 atom stereocenters. The Bertz CT molecular complexity index is 621. The van der Waals surface area contributed by atoms with Gasteiger partial charge in [-0.25, -0.2) is 4.98 Å². The Morgan fingerprint density at radius 3 is 2.95 bits per heavy atom. The third-order valence-corrected chi connectivity index (χ3v) is 5.56. The molecule has 2 aliphatic heterocycles. The first-order valence-corrected chi connectivity index (χ1v) is 7.96. The minimum absolute atomic E-state index is 0.0211. The van der Waals surface area contributed by atoms with E-state index in [0.717, 1.165) is 6.42 Å². The highest BCUT2D eigenvalue weighted by atomic mass is 32.2. The summed E-state index contributed by atoms with van der Waals surface area (Å²) < 4.78 is 16.5. The quantitative estimate of drug-likeness (QED) is 0.762. The molecule has 2 bridgehead atoms. The van der Waals surface area contributed by atoms with Crippen LogP contribution < -0.4 is 10.1 Å². The van der Waals surface area contributed by atoms with Crippen molar-refractivity contribution >= 4 is 28.3 Å². The summed E-state index contributed by atoms with van der Waals surface area (Å²) in [6.45, 7) is 0.406. The van der Waals surface area contributed by atoms with Crippen LogP contribution in [0.5, 0.6) is 5.88 Å². The molecule has 0 spiro atoms. The van der Waals surface area contributed by atoms with E-state index in [0.29, 0.717) is 23.9 Å². The van der Waals surface area contributed by atoms with Crippen molar-refractivity contribution in [2.75, 3.05) is 24.7 Å². The molecule has 112 valence electrons. The van der Waals surface area contributed by atoms with Crippen LogP contribution in [-0.2, 0) is 20.4 Å². The van der Waals surface area contributed by atoms with Crippen molar-refractivity contribution in [1.82, 2.24) is 9.88 Å². The van der Waals surface area contributed by atoms with E-state index in [4.69, 9.17) is 4.74 Å². The van der Waals surface area contributed by atoms with E-state index < -0.39 is 22.6 Å². The summed E-state index contributed by atoms with van der Waals surface area (Å²) in [5.41, 5.74) is 0.452. The first-order valence-electron chi connectivity index (χ1n) is 6.57. The molecule has 1 N–H and O–H groups in total. The van der Waals surface area contributed by atoms with Crippen molar-refractivity contribution in [2.24, 2.45) is 0 Å². The van der Waals surface area contributed by atoms with Crippen LogP contribution >= 0.6 is 0 Å². The lowest BCUT2D eigenvalue weighted by Gasteiger charge is -2.25. The van der Waals surface area contributed by atoms with Crippen molar-refractivity contribution in [3.05, 3.63) is 18.3 Å². The molecule has 3 rings (SSSR count). The molecular weight excluding hydrogens is 294 g/mol. The molecular formula is C13H15N3O4S. The molecule has 3 heterocycles. The number of aromatic nitrogens is 1. The lowest BCUT2D eigenvalue weighted by molar-refractivity contribution is -0.143. The van der Waals surface area contributed by atoms with E-state index in [1.807, 2.05) is 0 Å². The summed E-state index contributed by atoms with van der Waals surface area (Å²) in [5.74, 6) is -0.431. The number of anilines is 1. The fourth-order valence-corrected chi connectivity index (χ4v) is 4.44. The number of methoxy groups -OCH3 is 1. The molecule has 0 saturated carbocycles. The minimum atomic E-state index is -0.854. The van der Waals surface area contributed by atoms with E-state index in [-0.39, 0.29) is 11.3 Å². The lowest BCUT2D eigenvalue weighted by Crippen LogP contribution is -2.47. The maximum Gasteiger partial charge on any atom is 0.313 e. The SMILES string of the molecule is COc1cc(NC(=O)C(=O)N2C[C@@H]3C[C@H]2CS3=O)ccn1. The van der Waals surface area contributed by atoms with Crippen LogP contribution in [0, 0.1) is 0 Å². The van der Waals surface area contributed by atoms with Gasteiger partial charge in [-0.2, -0.15) is 0 Å². The molecule has 7 nitrogen and oxygen atoms in total. The second-order valence-corrected chi connectivity index (χ2v) is 6.82. The van der Waals surface area contributed by atoms with E-state index in [1.165, 1.54) is 24.3 Å². The third-order valence-electron chi connectivity index (χ3n) is 3.76. The summed E-state index contributed by atoms with van der Waals surface area (Å²) in [6, 6.07) is 3.05. The van der Waals surface area contributed by atoms with Crippen LogP contribution in [0.2, 0.25) is 0 Å². The van der Waals surface area contributed by atoms with Crippen molar-refractivity contribution in [3.8, 4) is 5.88 Å². The van der Waals surface area contributed by atoms with E-state index in [2.05, 4.69) is 10.3 Å². The van der Waals surface area contributed by atoms with Gasteiger partial charge in [0, 0.05) is 47.1 Å². The minimum Gasteiger partial charge on any atom is -0.481 e. The number of ether oxygens (including phenoxy) is 1. The van der Waals surface area contributed by atoms with Crippen molar-refractivity contribution in [3.63, 3.8) is 0 Å². The van der Waals surface area contributed by atoms with Gasteiger partial charge >= 0.3 is 11.8 Å². The number of pyridine rings is 1. The molecule has 0 radical (unpaired) electrons. The van der Waals surface area contributed by atoms with Crippen molar-refractivity contribution in [1.29, 1.82) is 0 Å². The molecule has 21 heavy (non-hydrogen) atoms. The maximum absolute atomic E-state index is 12.2. The van der Waals surface area contributed by atoms with Gasteiger partial charge in [0.15, 0.2) is 0 Å². The van der Waals surface area contributed by atoms with Gasteiger partial charge in [-0.05, 0) is 12.5 Å². The molecule has 0 aliphatic carbocycles. The van der Waals surface area contributed by atoms with Gasteiger partial charge in [0.1, 0.15) is 0 Å². The molecule has 2 saturated heterocycles. The topological polar surface area (TPSA) is 88.6 Å². The number of fused-ring (bicyclic) bond motifs is 2. The zero-order valence-corrected chi connectivity index (χ0v) is 12.3. The summed E-state index contributed by atoms with van der Waals surface area (Å²) in [4.78, 5) is 29.6. The van der Waals surface area contributed by atoms with Gasteiger partial charge in [0.2, 0.25) is 5.88 Å². The second-order valence-electron chi connectivity index (χ2n) is 5.06. The first kappa shape index (κ1) is 14.0. The molecule has 1 aromatic heterocycles. The molecule has 2 fully saturated rings. The first-order chi connectivity index (χ1) is 10.1. The number of rotatable bonds is 2. The fourth-order valence-electron chi connectivity index (χ4n) is 2.71. The zero-order valence-electron chi connectivity index (χ0n) is 11.4. The van der Waals surface area contributed by atoms with Gasteiger partial charge in [-0.15, -0.1) is 0 Å². The predicted molar refractivity (Wildman–Crippen MR) is 76.3 cm³/mol. The van der Waals surface area contributed by atoms with E-state index in [1.54, 1.807) is 6.07 Å². The van der Waals surface area contributed by atoms with E-state index >= 15 is 0 Å². The monoisotopic (exact) mass is 309 g/mol. The largest absolute Gasteiger partial charge is 0.481 e. The van der Waals surface area contributed by atoms with Crippen molar-refractivity contribution in [2.45, 2.75) is 17.7 Å². The number of hydrogen-bond acceptors (Lipinski definition) is 5. The Labute approximate surface area is 124 Å². The van der Waals surface area contributed by atoms with Gasteiger partial charge in [-0.3, -0.25) is 13.8 Å². The van der Waals surface area contributed by atoms with Crippen LogP contribution in [0.1, 0.15) is 6.42 Å². The average molecular weight is 309 g/mol. The number of nitrogens with one attached hydrogen (secondary N) is 1. The molecule has 2 amide bonds. The predicted octanol–water partition coefficient (Wildman–Crippen LogP) is -0.239. The van der Waals surface area contributed by atoms with Crippen LogP contribution in [-0.4, -0.2) is 56.6 Å². The lowest BCUT2D eigenvalue weighted by atomic mass is 10.2. The molecule has 0 aromatic carbocycles. The number of likely N-dealkylation sites (tertiary alicyclic amines) is 1. The molecule has 1 unspecified atom stereocenters. The smallest absolute Gasteiger partial charge is 0.313 e. The zero-order chi connectivity index (χ0) is 15.0. The average Bonchev–Trinajstić information content (AvgIpc) is 3.05. The Kier molecular flexibility index (Phi) is 3.62. The summed E-state index contributed by atoms with van der Waals surface area (Å²) in [7, 11) is 0.618. The fraction of sp³-hybridized carbons (Fsp3) is 0.462. The van der Waals surface area contributed by atoms with E-state index in [9.17, 15) is 13.8 Å². The highest BCUT2D eigenvalue weighted by Crippen LogP contribution is 2.30. The van der Waals surface area contributed by atoms with Crippen LogP contribution in [0.15, 0.2) is 18.3 Å². The Morgan fingerprint density at radius 2 is 2.33 bits per heavy atom. The second kappa shape index (κ2) is 5.44. The standard InChI is InChI=1S/C13H15N3O4S/c1-20-11-4-8(2-3-14-11)15-12(17)13(18)16-6-10-5-9(16)7-21(10)19/h2-4,9-10H,5-7H2,1H3,(H,14,15,17)/t9-,10-,21?/m0/s1. The number of nitrogens with zero attached hydrogens (tertiary/aromatic N) is 2. The Balaban J connectivity index is 1.65. The van der Waals surface area contributed by atoms with Gasteiger partial charge in [-0.1, -0.05) is 0 Å². The van der Waals surface area contributed by atoms with Gasteiger partial charge in [0.05, 0.1) is 12.4 Å². The van der Waals surface area contributed by atoms with Crippen molar-refractivity contribution < 1.29 is 18.5 Å². The van der Waals surface area contributed by atoms with Gasteiger partial charge < -0.3 is 15.0 Å². The van der Waals surface area contributed by atoms with Crippen LogP contribution in [0.25, 0.3) is 0 Å². The maximum atomic E-state index is 12.2. The Morgan fingerprint density at radius 1 is 1.52 bits per heavy atom. The molecule has 1 aromatic rings. The summed E-state index contributed by atoms with van der Waals surface area (Å²) in [6.07, 6.45) is 2.22. The molecule has 2 aliphatic rings. The van der Waals surface area contributed by atoms with Gasteiger partial charge in [0.25, 0.3) is 0 Å².